The van der Waals surface area contributed by atoms with Gasteiger partial charge in [-0.25, -0.2) is 4.79 Å². The number of hydrogen-bond acceptors (Lipinski definition) is 3. The second-order valence-electron chi connectivity index (χ2n) is 6.41. The fourth-order valence-electron chi connectivity index (χ4n) is 1.90. The normalized spacial score (nSPS) is 24.3. The average molecular weight is 241 g/mol. The summed E-state index contributed by atoms with van der Waals surface area (Å²) in [6.45, 7) is 10.8. The molecule has 1 saturated heterocycles. The third-order valence-electron chi connectivity index (χ3n) is 3.26. The van der Waals surface area contributed by atoms with Crippen LogP contribution in [0.3, 0.4) is 0 Å². The smallest absolute Gasteiger partial charge is 0.410 e. The molecule has 0 N–H and O–H groups in total. The van der Waals surface area contributed by atoms with Gasteiger partial charge in [0.15, 0.2) is 0 Å². The van der Waals surface area contributed by atoms with Crippen molar-refractivity contribution in [1.29, 1.82) is 0 Å². The van der Waals surface area contributed by atoms with Crippen LogP contribution in [0.5, 0.6) is 0 Å². The molecule has 1 amide bonds. The molecule has 0 aliphatic carbocycles. The van der Waals surface area contributed by atoms with Gasteiger partial charge in [0.1, 0.15) is 11.9 Å². The van der Waals surface area contributed by atoms with Gasteiger partial charge in [-0.1, -0.05) is 13.8 Å². The van der Waals surface area contributed by atoms with Gasteiger partial charge >= 0.3 is 6.09 Å². The molecule has 1 aliphatic heterocycles. The highest BCUT2D eigenvalue weighted by molar-refractivity contribution is 5.69. The molecule has 1 atom stereocenters. The second kappa shape index (κ2) is 4.67. The Bertz CT molecular complexity index is 304. The van der Waals surface area contributed by atoms with Gasteiger partial charge in [-0.15, -0.1) is 0 Å². The molecule has 17 heavy (non-hydrogen) atoms. The Balaban J connectivity index is 2.64. The predicted octanol–water partition coefficient (Wildman–Crippen LogP) is 2.47. The van der Waals surface area contributed by atoms with Crippen molar-refractivity contribution in [2.24, 2.45) is 11.3 Å². The number of likely N-dealkylation sites (tertiary alicyclic amines) is 1. The Labute approximate surface area is 103 Å². The van der Waals surface area contributed by atoms with Gasteiger partial charge in [-0.3, -0.25) is 0 Å². The quantitative estimate of drug-likeness (QED) is 0.662. The van der Waals surface area contributed by atoms with E-state index in [2.05, 4.69) is 13.8 Å². The molecule has 0 radical (unpaired) electrons. The molecule has 1 fully saturated rings. The summed E-state index contributed by atoms with van der Waals surface area (Å²) in [6, 6.07) is 0. The number of nitrogens with zero attached hydrogens (tertiary/aromatic N) is 1. The standard InChI is InChI=1S/C13H23NO3/c1-12(2,3)17-11(16)14-7-6-13(4,5)10(8-14)9-15/h9-10H,6-8H2,1-5H3. The van der Waals surface area contributed by atoms with Crippen LogP contribution in [-0.2, 0) is 9.53 Å². The Morgan fingerprint density at radius 2 is 2.00 bits per heavy atom. The largest absolute Gasteiger partial charge is 0.444 e. The molecule has 1 aliphatic rings. The van der Waals surface area contributed by atoms with E-state index in [0.717, 1.165) is 12.7 Å². The van der Waals surface area contributed by atoms with Crippen LogP contribution in [-0.4, -0.2) is 36.0 Å². The Hall–Kier alpha value is -1.06. The molecule has 1 heterocycles. The van der Waals surface area contributed by atoms with E-state index in [4.69, 9.17) is 4.74 Å². The zero-order chi connectivity index (χ0) is 13.3. The number of piperidine rings is 1. The number of aldehydes is 1. The van der Waals surface area contributed by atoms with E-state index >= 15 is 0 Å². The van der Waals surface area contributed by atoms with Crippen molar-refractivity contribution in [1.82, 2.24) is 4.90 Å². The van der Waals surface area contributed by atoms with Gasteiger partial charge < -0.3 is 14.4 Å². The molecular weight excluding hydrogens is 218 g/mol. The fourth-order valence-corrected chi connectivity index (χ4v) is 1.90. The van der Waals surface area contributed by atoms with Gasteiger partial charge in [0, 0.05) is 19.0 Å². The van der Waals surface area contributed by atoms with Gasteiger partial charge in [0.25, 0.3) is 0 Å². The van der Waals surface area contributed by atoms with E-state index in [-0.39, 0.29) is 17.4 Å². The van der Waals surface area contributed by atoms with Crippen LogP contribution in [0.4, 0.5) is 4.79 Å². The van der Waals surface area contributed by atoms with Gasteiger partial charge in [0.2, 0.25) is 0 Å². The predicted molar refractivity (Wildman–Crippen MR) is 65.8 cm³/mol. The molecule has 0 aromatic carbocycles. The van der Waals surface area contributed by atoms with Crippen molar-refractivity contribution in [2.75, 3.05) is 13.1 Å². The zero-order valence-electron chi connectivity index (χ0n) is 11.4. The monoisotopic (exact) mass is 241 g/mol. The number of hydrogen-bond donors (Lipinski definition) is 0. The lowest BCUT2D eigenvalue weighted by molar-refractivity contribution is -0.116. The number of carbonyl (C=O) groups excluding carboxylic acids is 2. The lowest BCUT2D eigenvalue weighted by atomic mass is 9.74. The molecule has 1 rings (SSSR count). The van der Waals surface area contributed by atoms with E-state index in [1.807, 2.05) is 20.8 Å². The molecule has 0 aromatic rings. The molecule has 98 valence electrons. The summed E-state index contributed by atoms with van der Waals surface area (Å²) in [6.07, 6.45) is 1.46. The van der Waals surface area contributed by atoms with Crippen LogP contribution >= 0.6 is 0 Å². The Morgan fingerprint density at radius 1 is 1.41 bits per heavy atom. The Kier molecular flexibility index (Phi) is 3.84. The van der Waals surface area contributed by atoms with Crippen LogP contribution in [0.2, 0.25) is 0 Å². The minimum absolute atomic E-state index is 0.0275. The van der Waals surface area contributed by atoms with Crippen molar-refractivity contribution >= 4 is 12.4 Å². The van der Waals surface area contributed by atoms with Gasteiger partial charge in [-0.2, -0.15) is 0 Å². The van der Waals surface area contributed by atoms with E-state index in [1.165, 1.54) is 0 Å². The number of carbonyl (C=O) groups is 2. The minimum Gasteiger partial charge on any atom is -0.444 e. The SMILES string of the molecule is CC(C)(C)OC(=O)N1CCC(C)(C)C(C=O)C1. The van der Waals surface area contributed by atoms with Crippen LogP contribution in [0, 0.1) is 11.3 Å². The van der Waals surface area contributed by atoms with E-state index < -0.39 is 5.60 Å². The first-order valence-electron chi connectivity index (χ1n) is 6.09. The summed E-state index contributed by atoms with van der Waals surface area (Å²) in [7, 11) is 0. The summed E-state index contributed by atoms with van der Waals surface area (Å²) in [5, 5.41) is 0. The van der Waals surface area contributed by atoms with Gasteiger partial charge in [-0.05, 0) is 32.6 Å². The third-order valence-corrected chi connectivity index (χ3v) is 3.26. The summed E-state index contributed by atoms with van der Waals surface area (Å²) in [4.78, 5) is 24.6. The van der Waals surface area contributed by atoms with Crippen molar-refractivity contribution in [2.45, 2.75) is 46.6 Å². The molecule has 0 spiro atoms. The topological polar surface area (TPSA) is 46.6 Å². The van der Waals surface area contributed by atoms with Gasteiger partial charge in [0.05, 0.1) is 0 Å². The number of ether oxygens (including phenoxy) is 1. The lowest BCUT2D eigenvalue weighted by Gasteiger charge is -2.41. The highest BCUT2D eigenvalue weighted by Crippen LogP contribution is 2.34. The first-order chi connectivity index (χ1) is 7.65. The third kappa shape index (κ3) is 3.72. The lowest BCUT2D eigenvalue weighted by Crippen LogP contribution is -2.49. The number of amides is 1. The van der Waals surface area contributed by atoms with E-state index in [9.17, 15) is 9.59 Å². The molecule has 4 heteroatoms. The summed E-state index contributed by atoms with van der Waals surface area (Å²) in [5.41, 5.74) is -0.513. The maximum Gasteiger partial charge on any atom is 0.410 e. The highest BCUT2D eigenvalue weighted by atomic mass is 16.6. The molecular formula is C13H23NO3. The van der Waals surface area contributed by atoms with Crippen LogP contribution in [0.15, 0.2) is 0 Å². The van der Waals surface area contributed by atoms with E-state index in [1.54, 1.807) is 4.90 Å². The molecule has 4 nitrogen and oxygen atoms in total. The fraction of sp³-hybridized carbons (Fsp3) is 0.846. The average Bonchev–Trinajstić information content (AvgIpc) is 2.14. The highest BCUT2D eigenvalue weighted by Gasteiger charge is 2.38. The van der Waals surface area contributed by atoms with Crippen molar-refractivity contribution < 1.29 is 14.3 Å². The summed E-state index contributed by atoms with van der Waals surface area (Å²) >= 11 is 0. The second-order valence-corrected chi connectivity index (χ2v) is 6.41. The van der Waals surface area contributed by atoms with Crippen molar-refractivity contribution in [3.05, 3.63) is 0 Å². The van der Waals surface area contributed by atoms with Crippen molar-refractivity contribution in [3.63, 3.8) is 0 Å². The number of rotatable bonds is 1. The minimum atomic E-state index is -0.485. The van der Waals surface area contributed by atoms with Crippen LogP contribution in [0.25, 0.3) is 0 Å². The maximum absolute atomic E-state index is 11.9. The molecule has 1 unspecified atom stereocenters. The first-order valence-corrected chi connectivity index (χ1v) is 6.09. The van der Waals surface area contributed by atoms with E-state index in [0.29, 0.717) is 13.1 Å². The van der Waals surface area contributed by atoms with Crippen LogP contribution < -0.4 is 0 Å². The molecule has 0 bridgehead atoms. The van der Waals surface area contributed by atoms with Crippen molar-refractivity contribution in [3.8, 4) is 0 Å². The molecule has 0 saturated carbocycles. The Morgan fingerprint density at radius 3 is 2.47 bits per heavy atom. The molecule has 0 aromatic heterocycles. The summed E-state index contributed by atoms with van der Waals surface area (Å²) < 4.78 is 5.31. The summed E-state index contributed by atoms with van der Waals surface area (Å²) in [5.74, 6) is -0.108. The maximum atomic E-state index is 11.9. The van der Waals surface area contributed by atoms with Crippen LogP contribution in [0.1, 0.15) is 41.0 Å². The zero-order valence-corrected chi connectivity index (χ0v) is 11.4. The first kappa shape index (κ1) is 14.0.